The molecular weight excluding hydrogens is 420 g/mol. The van der Waals surface area contributed by atoms with Gasteiger partial charge in [0, 0.05) is 36.4 Å². The number of aryl methyl sites for hydroxylation is 1. The summed E-state index contributed by atoms with van der Waals surface area (Å²) in [5.74, 6) is -1.87. The van der Waals surface area contributed by atoms with Crippen molar-refractivity contribution in [3.63, 3.8) is 0 Å². The lowest BCUT2D eigenvalue weighted by Gasteiger charge is -2.51. The van der Waals surface area contributed by atoms with Gasteiger partial charge in [-0.3, -0.25) is 14.4 Å². The number of carbonyl (C=O) groups is 3. The lowest BCUT2D eigenvalue weighted by atomic mass is 9.66. The summed E-state index contributed by atoms with van der Waals surface area (Å²) in [6.07, 6.45) is 2.01. The Morgan fingerprint density at radius 2 is 1.73 bits per heavy atom. The number of benzene rings is 1. The van der Waals surface area contributed by atoms with Crippen LogP contribution in [0.2, 0.25) is 0 Å². The average molecular weight is 459 g/mol. The van der Waals surface area contributed by atoms with E-state index in [9.17, 15) is 24.6 Å². The van der Waals surface area contributed by atoms with Gasteiger partial charge < -0.3 is 20.4 Å². The van der Waals surface area contributed by atoms with E-state index in [1.54, 1.807) is 4.90 Å². The number of hydrogen-bond acceptors (Lipinski definition) is 4. The molecule has 0 aromatic heterocycles. The van der Waals surface area contributed by atoms with Gasteiger partial charge in [-0.2, -0.15) is 0 Å². The average Bonchev–Trinajstić information content (AvgIpc) is 3.20. The smallest absolute Gasteiger partial charge is 0.306 e. The Morgan fingerprint density at radius 3 is 2.27 bits per heavy atom. The summed E-state index contributed by atoms with van der Waals surface area (Å²) in [5.41, 5.74) is -0.310. The number of piperidine rings is 1. The third-order valence-electron chi connectivity index (χ3n) is 7.54. The normalized spacial score (nSPS) is 27.3. The van der Waals surface area contributed by atoms with Crippen LogP contribution in [-0.2, 0) is 20.0 Å². The van der Waals surface area contributed by atoms with Crippen LogP contribution < -0.4 is 5.32 Å². The van der Waals surface area contributed by atoms with E-state index in [2.05, 4.69) is 5.32 Å². The minimum Gasteiger partial charge on any atom is -0.481 e. The van der Waals surface area contributed by atoms with E-state index in [-0.39, 0.29) is 24.2 Å². The van der Waals surface area contributed by atoms with Gasteiger partial charge in [0.25, 0.3) is 0 Å². The number of carboxylic acid groups (broad SMARTS) is 1. The molecule has 1 aromatic carbocycles. The lowest BCUT2D eigenvalue weighted by molar-refractivity contribution is -0.154. The standard InChI is InChI=1S/C26H38N2O5/c1-17-6-10-20(11-7-17)26(33)12-13-28(16-24(26,2)3)21(29)15-25(4,5)27-22(30)18-8-9-19(14-18)23(31)32/h6-7,10-11,18-19,33H,8-9,12-16H2,1-5H3,(H,27,30)(H,31,32)/t18-,19+,26+/m1/s1. The summed E-state index contributed by atoms with van der Waals surface area (Å²) < 4.78 is 0. The number of amides is 2. The van der Waals surface area contributed by atoms with Crippen LogP contribution in [-0.4, -0.2) is 51.5 Å². The highest BCUT2D eigenvalue weighted by Crippen LogP contribution is 2.46. The van der Waals surface area contributed by atoms with Crippen molar-refractivity contribution in [3.05, 3.63) is 35.4 Å². The van der Waals surface area contributed by atoms with Gasteiger partial charge in [-0.1, -0.05) is 43.7 Å². The first kappa shape index (κ1) is 25.2. The van der Waals surface area contributed by atoms with Crippen LogP contribution in [0.4, 0.5) is 0 Å². The maximum absolute atomic E-state index is 13.2. The number of aliphatic carboxylic acids is 1. The van der Waals surface area contributed by atoms with Gasteiger partial charge >= 0.3 is 5.97 Å². The molecule has 0 spiro atoms. The first-order valence-corrected chi connectivity index (χ1v) is 11.9. The largest absolute Gasteiger partial charge is 0.481 e. The molecule has 2 aliphatic rings. The molecule has 1 heterocycles. The summed E-state index contributed by atoms with van der Waals surface area (Å²) in [6, 6.07) is 7.92. The fourth-order valence-electron chi connectivity index (χ4n) is 5.31. The highest BCUT2D eigenvalue weighted by Gasteiger charge is 2.50. The molecule has 2 amide bonds. The molecular formula is C26H38N2O5. The van der Waals surface area contributed by atoms with Gasteiger partial charge in [-0.25, -0.2) is 0 Å². The number of hydrogen-bond donors (Lipinski definition) is 3. The molecule has 182 valence electrons. The summed E-state index contributed by atoms with van der Waals surface area (Å²) in [6.45, 7) is 10.5. The Bertz CT molecular complexity index is 908. The van der Waals surface area contributed by atoms with Gasteiger partial charge in [0.15, 0.2) is 0 Å². The minimum absolute atomic E-state index is 0.0610. The molecule has 1 saturated heterocycles. The molecule has 0 unspecified atom stereocenters. The van der Waals surface area contributed by atoms with Crippen LogP contribution in [0.25, 0.3) is 0 Å². The first-order valence-electron chi connectivity index (χ1n) is 11.9. The van der Waals surface area contributed by atoms with Crippen molar-refractivity contribution in [2.45, 2.75) is 77.9 Å². The molecule has 1 aliphatic carbocycles. The Balaban J connectivity index is 1.60. The van der Waals surface area contributed by atoms with Crippen molar-refractivity contribution in [2.75, 3.05) is 13.1 Å². The van der Waals surface area contributed by atoms with Gasteiger partial charge in [-0.15, -0.1) is 0 Å². The molecule has 7 heteroatoms. The van der Waals surface area contributed by atoms with Gasteiger partial charge in [0.2, 0.25) is 11.8 Å². The van der Waals surface area contributed by atoms with E-state index < -0.39 is 28.4 Å². The first-order chi connectivity index (χ1) is 15.2. The predicted octanol–water partition coefficient (Wildman–Crippen LogP) is 3.23. The van der Waals surface area contributed by atoms with E-state index in [0.29, 0.717) is 38.8 Å². The zero-order valence-corrected chi connectivity index (χ0v) is 20.5. The van der Waals surface area contributed by atoms with Crippen LogP contribution >= 0.6 is 0 Å². The van der Waals surface area contributed by atoms with E-state index in [4.69, 9.17) is 0 Å². The number of likely N-dealkylation sites (tertiary alicyclic amines) is 1. The third kappa shape index (κ3) is 5.40. The number of nitrogens with one attached hydrogen (secondary N) is 1. The van der Waals surface area contributed by atoms with E-state index >= 15 is 0 Å². The second-order valence-electron chi connectivity index (χ2n) is 11.3. The van der Waals surface area contributed by atoms with E-state index in [1.165, 1.54) is 0 Å². The molecule has 33 heavy (non-hydrogen) atoms. The SMILES string of the molecule is Cc1ccc([C@@]2(O)CCN(C(=O)CC(C)(C)NC(=O)[C@@H]3CC[C@H](C(=O)O)C3)CC2(C)C)cc1. The van der Waals surface area contributed by atoms with Crippen molar-refractivity contribution >= 4 is 17.8 Å². The summed E-state index contributed by atoms with van der Waals surface area (Å²) in [5, 5.41) is 23.7. The van der Waals surface area contributed by atoms with Crippen LogP contribution in [0.5, 0.6) is 0 Å². The topological polar surface area (TPSA) is 107 Å². The minimum atomic E-state index is -1.02. The van der Waals surface area contributed by atoms with Crippen LogP contribution in [0.1, 0.15) is 70.9 Å². The number of aliphatic hydroxyl groups is 1. The fourth-order valence-corrected chi connectivity index (χ4v) is 5.31. The Hall–Kier alpha value is -2.41. The highest BCUT2D eigenvalue weighted by atomic mass is 16.4. The number of nitrogens with zero attached hydrogens (tertiary/aromatic N) is 1. The van der Waals surface area contributed by atoms with Crippen LogP contribution in [0.15, 0.2) is 24.3 Å². The molecule has 1 aromatic rings. The van der Waals surface area contributed by atoms with E-state index in [1.807, 2.05) is 58.9 Å². The fraction of sp³-hybridized carbons (Fsp3) is 0.654. The zero-order valence-electron chi connectivity index (χ0n) is 20.5. The number of carboxylic acids is 1. The van der Waals surface area contributed by atoms with Crippen molar-refractivity contribution < 1.29 is 24.6 Å². The molecule has 3 rings (SSSR count). The zero-order chi connectivity index (χ0) is 24.6. The van der Waals surface area contributed by atoms with Crippen molar-refractivity contribution in [3.8, 4) is 0 Å². The van der Waals surface area contributed by atoms with Crippen molar-refractivity contribution in [1.29, 1.82) is 0 Å². The second-order valence-corrected chi connectivity index (χ2v) is 11.3. The van der Waals surface area contributed by atoms with Crippen molar-refractivity contribution in [2.24, 2.45) is 17.3 Å². The molecule has 7 nitrogen and oxygen atoms in total. The van der Waals surface area contributed by atoms with E-state index in [0.717, 1.165) is 11.1 Å². The molecule has 3 N–H and O–H groups in total. The molecule has 0 bridgehead atoms. The van der Waals surface area contributed by atoms with Crippen molar-refractivity contribution in [1.82, 2.24) is 10.2 Å². The quantitative estimate of drug-likeness (QED) is 0.607. The molecule has 1 aliphatic heterocycles. The second kappa shape index (κ2) is 9.09. The lowest BCUT2D eigenvalue weighted by Crippen LogP contribution is -2.58. The maximum atomic E-state index is 13.2. The van der Waals surface area contributed by atoms with Gasteiger partial charge in [-0.05, 0) is 52.0 Å². The van der Waals surface area contributed by atoms with Crippen LogP contribution in [0, 0.1) is 24.2 Å². The van der Waals surface area contributed by atoms with Gasteiger partial charge in [0.05, 0.1) is 11.5 Å². The summed E-state index contributed by atoms with van der Waals surface area (Å²) >= 11 is 0. The molecule has 1 saturated carbocycles. The summed E-state index contributed by atoms with van der Waals surface area (Å²) in [4.78, 5) is 38.8. The Morgan fingerprint density at radius 1 is 1.12 bits per heavy atom. The monoisotopic (exact) mass is 458 g/mol. The molecule has 0 radical (unpaired) electrons. The molecule has 3 atom stereocenters. The highest BCUT2D eigenvalue weighted by molar-refractivity contribution is 5.83. The number of carbonyl (C=O) groups excluding carboxylic acids is 2. The Labute approximate surface area is 196 Å². The maximum Gasteiger partial charge on any atom is 0.306 e. The van der Waals surface area contributed by atoms with Crippen LogP contribution in [0.3, 0.4) is 0 Å². The number of rotatable bonds is 6. The van der Waals surface area contributed by atoms with Gasteiger partial charge in [0.1, 0.15) is 0 Å². The predicted molar refractivity (Wildman–Crippen MR) is 125 cm³/mol. The Kier molecular flexibility index (Phi) is 6.94. The third-order valence-corrected chi connectivity index (χ3v) is 7.54. The summed E-state index contributed by atoms with van der Waals surface area (Å²) in [7, 11) is 0. The molecule has 2 fully saturated rings.